The first-order chi connectivity index (χ1) is 18.8. The fourth-order valence-corrected chi connectivity index (χ4v) is 4.42. The molecule has 4 aromatic rings. The quantitative estimate of drug-likeness (QED) is 0.172. The molecule has 0 bridgehead atoms. The van der Waals surface area contributed by atoms with E-state index in [-0.39, 0.29) is 23.7 Å². The van der Waals surface area contributed by atoms with Gasteiger partial charge in [-0.05, 0) is 35.4 Å². The summed E-state index contributed by atoms with van der Waals surface area (Å²) in [6.07, 6.45) is 0. The molecule has 0 aromatic heterocycles. The van der Waals surface area contributed by atoms with E-state index in [1.54, 1.807) is 68.4 Å². The van der Waals surface area contributed by atoms with Crippen molar-refractivity contribution in [2.75, 3.05) is 5.32 Å². The first-order valence-electron chi connectivity index (χ1n) is 12.8. The number of nitrogens with one attached hydrogen (secondary N) is 1. The summed E-state index contributed by atoms with van der Waals surface area (Å²) in [5.74, 6) is -4.99. The summed E-state index contributed by atoms with van der Waals surface area (Å²) in [5, 5.41) is 2.80. The second-order valence-electron chi connectivity index (χ2n) is 9.56. The maximum absolute atomic E-state index is 14.3. The molecule has 2 atom stereocenters. The summed E-state index contributed by atoms with van der Waals surface area (Å²) in [7, 11) is 0. The van der Waals surface area contributed by atoms with E-state index >= 15 is 0 Å². The zero-order valence-corrected chi connectivity index (χ0v) is 21.8. The maximum Gasteiger partial charge on any atom is 0.236 e. The lowest BCUT2D eigenvalue weighted by Crippen LogP contribution is -2.40. The lowest BCUT2D eigenvalue weighted by atomic mass is 9.75. The summed E-state index contributed by atoms with van der Waals surface area (Å²) >= 11 is 0. The smallest absolute Gasteiger partial charge is 0.236 e. The van der Waals surface area contributed by atoms with Gasteiger partial charge in [-0.15, -0.1) is 0 Å². The molecular formula is C33H30FNO4. The van der Waals surface area contributed by atoms with Gasteiger partial charge in [0.15, 0.2) is 5.78 Å². The molecule has 4 aromatic carbocycles. The Kier molecular flexibility index (Phi) is 9.00. The Morgan fingerprint density at radius 3 is 2.00 bits per heavy atom. The number of hydrogen-bond acceptors (Lipinski definition) is 4. The van der Waals surface area contributed by atoms with Gasteiger partial charge in [0, 0.05) is 17.7 Å². The van der Waals surface area contributed by atoms with E-state index in [9.17, 15) is 18.8 Å². The van der Waals surface area contributed by atoms with E-state index in [2.05, 4.69) is 5.32 Å². The standard InChI is InChI=1S/C33H30FNO4/c1-22(2)31(36)30(33(38)35-26-16-10-5-11-17-26)29(24-14-8-4-9-15-24)32(37)27-19-18-25(34)20-28(27)39-21-23-12-6-3-7-13-23/h3-20,22,29-30H,21H2,1-2H3,(H,35,38). The summed E-state index contributed by atoms with van der Waals surface area (Å²) in [4.78, 5) is 41.5. The highest BCUT2D eigenvalue weighted by Gasteiger charge is 2.42. The van der Waals surface area contributed by atoms with Gasteiger partial charge in [0.25, 0.3) is 0 Å². The maximum atomic E-state index is 14.3. The zero-order chi connectivity index (χ0) is 27.8. The van der Waals surface area contributed by atoms with E-state index in [1.165, 1.54) is 12.1 Å². The first-order valence-corrected chi connectivity index (χ1v) is 12.8. The number of hydrogen-bond donors (Lipinski definition) is 1. The highest BCUT2D eigenvalue weighted by atomic mass is 19.1. The number of anilines is 1. The second kappa shape index (κ2) is 12.8. The van der Waals surface area contributed by atoms with Crippen molar-refractivity contribution in [2.45, 2.75) is 26.4 Å². The minimum Gasteiger partial charge on any atom is -0.488 e. The largest absolute Gasteiger partial charge is 0.488 e. The Labute approximate surface area is 227 Å². The SMILES string of the molecule is CC(C)C(=O)C(C(=O)Nc1ccccc1)C(C(=O)c1ccc(F)cc1OCc1ccccc1)c1ccccc1. The minimum atomic E-state index is -1.33. The van der Waals surface area contributed by atoms with Gasteiger partial charge in [0.05, 0.1) is 11.5 Å². The number of carbonyl (C=O) groups excluding carboxylic acids is 3. The van der Waals surface area contributed by atoms with Gasteiger partial charge in [-0.2, -0.15) is 0 Å². The third-order valence-corrected chi connectivity index (χ3v) is 6.42. The molecule has 6 heteroatoms. The van der Waals surface area contributed by atoms with Crippen molar-refractivity contribution in [3.05, 3.63) is 132 Å². The number of ether oxygens (including phenoxy) is 1. The number of para-hydroxylation sites is 1. The van der Waals surface area contributed by atoms with E-state index in [0.29, 0.717) is 11.3 Å². The van der Waals surface area contributed by atoms with Crippen molar-refractivity contribution in [3.63, 3.8) is 0 Å². The number of ketones is 2. The summed E-state index contributed by atoms with van der Waals surface area (Å²) in [6, 6.07) is 30.5. The van der Waals surface area contributed by atoms with Crippen LogP contribution in [0.15, 0.2) is 109 Å². The summed E-state index contributed by atoms with van der Waals surface area (Å²) < 4.78 is 20.2. The van der Waals surface area contributed by atoms with Crippen LogP contribution in [0, 0.1) is 17.7 Å². The van der Waals surface area contributed by atoms with Gasteiger partial charge in [0.1, 0.15) is 29.9 Å². The molecule has 4 rings (SSSR count). The molecule has 0 saturated carbocycles. The van der Waals surface area contributed by atoms with E-state index in [4.69, 9.17) is 4.74 Å². The van der Waals surface area contributed by atoms with Crippen molar-refractivity contribution in [2.24, 2.45) is 11.8 Å². The molecule has 0 aliphatic heterocycles. The number of carbonyl (C=O) groups is 3. The van der Waals surface area contributed by atoms with Gasteiger partial charge in [-0.1, -0.05) is 92.7 Å². The Hall–Kier alpha value is -4.58. The van der Waals surface area contributed by atoms with Crippen LogP contribution in [-0.4, -0.2) is 17.5 Å². The Morgan fingerprint density at radius 2 is 1.38 bits per heavy atom. The summed E-state index contributed by atoms with van der Waals surface area (Å²) in [5.41, 5.74) is 1.95. The van der Waals surface area contributed by atoms with Crippen LogP contribution in [0.3, 0.4) is 0 Å². The average molecular weight is 524 g/mol. The number of benzene rings is 4. The molecule has 1 amide bonds. The molecule has 0 aliphatic rings. The van der Waals surface area contributed by atoms with Gasteiger partial charge < -0.3 is 10.1 Å². The topological polar surface area (TPSA) is 72.5 Å². The number of halogens is 1. The van der Waals surface area contributed by atoms with Gasteiger partial charge >= 0.3 is 0 Å². The third kappa shape index (κ3) is 6.85. The monoisotopic (exact) mass is 523 g/mol. The van der Waals surface area contributed by atoms with Crippen LogP contribution in [0.1, 0.15) is 41.3 Å². The van der Waals surface area contributed by atoms with Crippen molar-refractivity contribution in [1.29, 1.82) is 0 Å². The van der Waals surface area contributed by atoms with Crippen LogP contribution in [0.25, 0.3) is 0 Å². The van der Waals surface area contributed by atoms with Crippen molar-refractivity contribution in [1.82, 2.24) is 0 Å². The van der Waals surface area contributed by atoms with E-state index in [0.717, 1.165) is 11.6 Å². The molecule has 198 valence electrons. The molecule has 0 fully saturated rings. The van der Waals surface area contributed by atoms with Crippen LogP contribution >= 0.6 is 0 Å². The molecule has 39 heavy (non-hydrogen) atoms. The molecule has 0 radical (unpaired) electrons. The highest BCUT2D eigenvalue weighted by molar-refractivity contribution is 6.15. The molecule has 0 aliphatic carbocycles. The first kappa shape index (κ1) is 27.5. The van der Waals surface area contributed by atoms with Crippen LogP contribution in [0.4, 0.5) is 10.1 Å². The van der Waals surface area contributed by atoms with Gasteiger partial charge in [-0.25, -0.2) is 4.39 Å². The number of amides is 1. The third-order valence-electron chi connectivity index (χ3n) is 6.42. The fraction of sp³-hybridized carbons (Fsp3) is 0.182. The lowest BCUT2D eigenvalue weighted by Gasteiger charge is -2.27. The molecule has 2 unspecified atom stereocenters. The van der Waals surface area contributed by atoms with Crippen LogP contribution in [0.2, 0.25) is 0 Å². The predicted molar refractivity (Wildman–Crippen MR) is 149 cm³/mol. The minimum absolute atomic E-state index is 0.0454. The number of rotatable bonds is 11. The Balaban J connectivity index is 1.77. The van der Waals surface area contributed by atoms with Crippen molar-refractivity contribution >= 4 is 23.2 Å². The molecule has 0 saturated heterocycles. The Bertz CT molecular complexity index is 1420. The highest BCUT2D eigenvalue weighted by Crippen LogP contribution is 2.35. The Morgan fingerprint density at radius 1 is 0.795 bits per heavy atom. The molecule has 0 heterocycles. The molecule has 0 spiro atoms. The second-order valence-corrected chi connectivity index (χ2v) is 9.56. The average Bonchev–Trinajstić information content (AvgIpc) is 2.95. The zero-order valence-electron chi connectivity index (χ0n) is 21.8. The van der Waals surface area contributed by atoms with E-state index in [1.807, 2.05) is 36.4 Å². The fourth-order valence-electron chi connectivity index (χ4n) is 4.42. The molecular weight excluding hydrogens is 493 g/mol. The van der Waals surface area contributed by atoms with Crippen molar-refractivity contribution in [3.8, 4) is 5.75 Å². The molecule has 1 N–H and O–H groups in total. The van der Waals surface area contributed by atoms with Crippen molar-refractivity contribution < 1.29 is 23.5 Å². The molecule has 5 nitrogen and oxygen atoms in total. The van der Waals surface area contributed by atoms with Gasteiger partial charge in [-0.3, -0.25) is 14.4 Å². The number of Topliss-reactive ketones (excluding diaryl/α,β-unsaturated/α-hetero) is 2. The van der Waals surface area contributed by atoms with E-state index < -0.39 is 35.3 Å². The summed E-state index contributed by atoms with van der Waals surface area (Å²) in [6.45, 7) is 3.51. The normalized spacial score (nSPS) is 12.4. The predicted octanol–water partition coefficient (Wildman–Crippen LogP) is 6.85. The lowest BCUT2D eigenvalue weighted by molar-refractivity contribution is -0.133. The van der Waals surface area contributed by atoms with Crippen LogP contribution in [-0.2, 0) is 16.2 Å². The van der Waals surface area contributed by atoms with Gasteiger partial charge in [0.2, 0.25) is 5.91 Å². The van der Waals surface area contributed by atoms with Crippen LogP contribution in [0.5, 0.6) is 5.75 Å². The van der Waals surface area contributed by atoms with Crippen LogP contribution < -0.4 is 10.1 Å².